The van der Waals surface area contributed by atoms with Crippen LogP contribution in [0.5, 0.6) is 5.75 Å². The standard InChI is InChI=1S/C21H18F3N3O5/c22-11-1-3-12(4-2-11)27-9-16(32-21(30)31)20(29)14-7-15(23)19(17(24)18(14)27)26-6-5-25-8-13(26)10-28/h1-4,7,9,13,25,28H,5-6,8,10H2,(H,30,31). The van der Waals surface area contributed by atoms with Crippen molar-refractivity contribution in [1.82, 2.24) is 9.88 Å². The Hall–Kier alpha value is -3.57. The van der Waals surface area contributed by atoms with Crippen LogP contribution in [0.2, 0.25) is 0 Å². The van der Waals surface area contributed by atoms with E-state index >= 15 is 8.78 Å². The molecule has 1 saturated heterocycles. The summed E-state index contributed by atoms with van der Waals surface area (Å²) in [6.07, 6.45) is -0.825. The number of fused-ring (bicyclic) bond motifs is 1. The van der Waals surface area contributed by atoms with E-state index in [0.717, 1.165) is 29.0 Å². The Kier molecular flexibility index (Phi) is 5.76. The third-order valence-corrected chi connectivity index (χ3v) is 5.27. The highest BCUT2D eigenvalue weighted by Crippen LogP contribution is 2.33. The molecular weight excluding hydrogens is 431 g/mol. The minimum absolute atomic E-state index is 0.183. The molecule has 2 aromatic carbocycles. The Labute approximate surface area is 179 Å². The highest BCUT2D eigenvalue weighted by molar-refractivity contribution is 5.87. The maximum absolute atomic E-state index is 15.8. The number of nitrogens with one attached hydrogen (secondary N) is 1. The number of ether oxygens (including phenoxy) is 1. The maximum atomic E-state index is 15.8. The number of anilines is 1. The third kappa shape index (κ3) is 3.76. The molecule has 0 bridgehead atoms. The van der Waals surface area contributed by atoms with Gasteiger partial charge >= 0.3 is 6.16 Å². The van der Waals surface area contributed by atoms with Crippen LogP contribution in [-0.2, 0) is 0 Å². The van der Waals surface area contributed by atoms with Crippen LogP contribution in [0.1, 0.15) is 0 Å². The van der Waals surface area contributed by atoms with Gasteiger partial charge in [0.1, 0.15) is 17.3 Å². The molecule has 0 amide bonds. The Balaban J connectivity index is 2.05. The molecule has 1 aromatic heterocycles. The van der Waals surface area contributed by atoms with Crippen LogP contribution < -0.4 is 20.4 Å². The summed E-state index contributed by atoms with van der Waals surface area (Å²) in [4.78, 5) is 25.1. The molecule has 8 nitrogen and oxygen atoms in total. The van der Waals surface area contributed by atoms with E-state index in [0.29, 0.717) is 13.1 Å². The first-order chi connectivity index (χ1) is 15.3. The van der Waals surface area contributed by atoms with Crippen LogP contribution >= 0.6 is 0 Å². The van der Waals surface area contributed by atoms with E-state index in [2.05, 4.69) is 10.1 Å². The summed E-state index contributed by atoms with van der Waals surface area (Å²) in [5.41, 5.74) is -1.61. The first-order valence-corrected chi connectivity index (χ1v) is 9.64. The van der Waals surface area contributed by atoms with Crippen molar-refractivity contribution in [3.05, 3.63) is 64.2 Å². The summed E-state index contributed by atoms with van der Waals surface area (Å²) < 4.78 is 50.0. The van der Waals surface area contributed by atoms with Gasteiger partial charge in [0.15, 0.2) is 11.6 Å². The predicted octanol–water partition coefficient (Wildman–Crippen LogP) is 2.24. The minimum atomic E-state index is -1.78. The molecule has 0 saturated carbocycles. The van der Waals surface area contributed by atoms with Crippen molar-refractivity contribution in [3.63, 3.8) is 0 Å². The Bertz CT molecular complexity index is 1250. The summed E-state index contributed by atoms with van der Waals surface area (Å²) in [7, 11) is 0. The monoisotopic (exact) mass is 449 g/mol. The lowest BCUT2D eigenvalue weighted by Crippen LogP contribution is -2.53. The summed E-state index contributed by atoms with van der Waals surface area (Å²) in [6, 6.07) is 4.96. The lowest BCUT2D eigenvalue weighted by atomic mass is 10.1. The zero-order chi connectivity index (χ0) is 23.0. The molecule has 3 N–H and O–H groups in total. The number of piperazine rings is 1. The number of rotatable bonds is 4. The quantitative estimate of drug-likeness (QED) is 0.525. The van der Waals surface area contributed by atoms with Crippen molar-refractivity contribution >= 4 is 22.7 Å². The van der Waals surface area contributed by atoms with Crippen LogP contribution in [0.25, 0.3) is 16.6 Å². The van der Waals surface area contributed by atoms with Gasteiger partial charge in [-0.25, -0.2) is 18.0 Å². The van der Waals surface area contributed by atoms with Gasteiger partial charge in [-0.1, -0.05) is 0 Å². The molecule has 0 spiro atoms. The first kappa shape index (κ1) is 21.7. The molecule has 1 aliphatic heterocycles. The fourth-order valence-electron chi connectivity index (χ4n) is 3.83. The average molecular weight is 449 g/mol. The van der Waals surface area contributed by atoms with Crippen molar-refractivity contribution in [1.29, 1.82) is 0 Å². The number of aromatic nitrogens is 1. The van der Waals surface area contributed by atoms with Crippen molar-refractivity contribution in [2.75, 3.05) is 31.1 Å². The average Bonchev–Trinajstić information content (AvgIpc) is 2.76. The van der Waals surface area contributed by atoms with E-state index in [4.69, 9.17) is 5.11 Å². The highest BCUT2D eigenvalue weighted by atomic mass is 19.1. The molecule has 11 heteroatoms. The molecule has 168 valence electrons. The number of carbonyl (C=O) groups is 1. The number of hydrogen-bond donors (Lipinski definition) is 3. The molecule has 0 radical (unpaired) electrons. The Morgan fingerprint density at radius 2 is 1.94 bits per heavy atom. The number of benzene rings is 2. The molecule has 1 fully saturated rings. The Morgan fingerprint density at radius 1 is 1.22 bits per heavy atom. The van der Waals surface area contributed by atoms with Gasteiger partial charge in [-0.3, -0.25) is 4.79 Å². The van der Waals surface area contributed by atoms with Crippen molar-refractivity contribution in [2.45, 2.75) is 6.04 Å². The van der Waals surface area contributed by atoms with Gasteiger partial charge in [0, 0.05) is 25.3 Å². The Morgan fingerprint density at radius 3 is 2.59 bits per heavy atom. The zero-order valence-electron chi connectivity index (χ0n) is 16.5. The number of carboxylic acid groups (broad SMARTS) is 1. The van der Waals surface area contributed by atoms with Gasteiger partial charge in [0.2, 0.25) is 5.43 Å². The van der Waals surface area contributed by atoms with E-state index in [1.54, 1.807) is 0 Å². The molecule has 32 heavy (non-hydrogen) atoms. The smallest absolute Gasteiger partial charge is 0.449 e. The van der Waals surface area contributed by atoms with Crippen molar-refractivity contribution in [2.24, 2.45) is 0 Å². The van der Waals surface area contributed by atoms with Crippen LogP contribution in [0.15, 0.2) is 41.3 Å². The van der Waals surface area contributed by atoms with Crippen LogP contribution in [-0.4, -0.2) is 53.2 Å². The molecule has 1 unspecified atom stereocenters. The topological polar surface area (TPSA) is 104 Å². The molecule has 1 atom stereocenters. The van der Waals surface area contributed by atoms with Gasteiger partial charge < -0.3 is 29.7 Å². The summed E-state index contributed by atoms with van der Waals surface area (Å²) in [5, 5.41) is 21.2. The van der Waals surface area contributed by atoms with Crippen LogP contribution in [0, 0.1) is 17.5 Å². The van der Waals surface area contributed by atoms with Gasteiger partial charge in [0.05, 0.1) is 29.7 Å². The maximum Gasteiger partial charge on any atom is 0.511 e. The van der Waals surface area contributed by atoms with Crippen LogP contribution in [0.3, 0.4) is 0 Å². The van der Waals surface area contributed by atoms with Gasteiger partial charge in [-0.05, 0) is 30.3 Å². The van der Waals surface area contributed by atoms with E-state index in [-0.39, 0.29) is 24.4 Å². The number of halogens is 3. The van der Waals surface area contributed by atoms with Gasteiger partial charge in [-0.15, -0.1) is 0 Å². The number of hydrogen-bond acceptors (Lipinski definition) is 6. The largest absolute Gasteiger partial charge is 0.511 e. The van der Waals surface area contributed by atoms with E-state index in [1.165, 1.54) is 17.0 Å². The van der Waals surface area contributed by atoms with Crippen molar-refractivity contribution < 1.29 is 32.9 Å². The second-order valence-corrected chi connectivity index (χ2v) is 7.19. The molecule has 4 rings (SSSR count). The highest BCUT2D eigenvalue weighted by Gasteiger charge is 2.30. The normalized spacial score (nSPS) is 16.4. The summed E-state index contributed by atoms with van der Waals surface area (Å²) in [6.45, 7) is 0.554. The number of pyridine rings is 1. The second-order valence-electron chi connectivity index (χ2n) is 7.19. The molecule has 3 aromatic rings. The number of nitrogens with zero attached hydrogens (tertiary/aromatic N) is 2. The first-order valence-electron chi connectivity index (χ1n) is 9.64. The van der Waals surface area contributed by atoms with Crippen LogP contribution in [0.4, 0.5) is 23.7 Å². The second kappa shape index (κ2) is 8.52. The van der Waals surface area contributed by atoms with Gasteiger partial charge in [-0.2, -0.15) is 0 Å². The predicted molar refractivity (Wildman–Crippen MR) is 109 cm³/mol. The van der Waals surface area contributed by atoms with Crippen molar-refractivity contribution in [3.8, 4) is 11.4 Å². The number of aliphatic hydroxyl groups excluding tert-OH is 1. The molecule has 1 aliphatic rings. The minimum Gasteiger partial charge on any atom is -0.449 e. The summed E-state index contributed by atoms with van der Waals surface area (Å²) >= 11 is 0. The van der Waals surface area contributed by atoms with Gasteiger partial charge in [0.25, 0.3) is 0 Å². The SMILES string of the molecule is O=C(O)Oc1cn(-c2ccc(F)cc2)c2c(F)c(N3CCNCC3CO)c(F)cc2c1=O. The fourth-order valence-corrected chi connectivity index (χ4v) is 3.83. The van der Waals surface area contributed by atoms with E-state index in [9.17, 15) is 19.1 Å². The molecular formula is C21H18F3N3O5. The van der Waals surface area contributed by atoms with E-state index < -0.39 is 51.9 Å². The molecule has 2 heterocycles. The molecule has 0 aliphatic carbocycles. The number of aliphatic hydroxyl groups is 1. The van der Waals surface area contributed by atoms with E-state index in [1.807, 2.05) is 0 Å². The lowest BCUT2D eigenvalue weighted by molar-refractivity contribution is 0.144. The summed E-state index contributed by atoms with van der Waals surface area (Å²) in [5.74, 6) is -3.37. The lowest BCUT2D eigenvalue weighted by Gasteiger charge is -2.37. The zero-order valence-corrected chi connectivity index (χ0v) is 16.5. The third-order valence-electron chi connectivity index (χ3n) is 5.27. The fraction of sp³-hybridized carbons (Fsp3) is 0.238.